The van der Waals surface area contributed by atoms with E-state index in [1.54, 1.807) is 21.1 Å². The zero-order valence-corrected chi connectivity index (χ0v) is 12.2. The van der Waals surface area contributed by atoms with Crippen LogP contribution in [0.15, 0.2) is 0 Å². The number of carbonyl (C=O) groups excluding carboxylic acids is 2. The third-order valence-electron chi connectivity index (χ3n) is 2.42. The lowest BCUT2D eigenvalue weighted by atomic mass is 10.3. The van der Waals surface area contributed by atoms with Crippen LogP contribution in [0.4, 0.5) is 0 Å². The Balaban J connectivity index is 3.76. The third-order valence-corrected chi connectivity index (χ3v) is 6.39. The molecule has 4 nitrogen and oxygen atoms in total. The second-order valence-corrected chi connectivity index (χ2v) is 8.21. The number of rotatable bonds is 8. The Bertz CT molecular complexity index is 241. The SMILES string of the molecule is CCC(=O)C(=O)SCCC[Si](C)(OC)OC. The Morgan fingerprint density at radius 2 is 1.81 bits per heavy atom. The fourth-order valence-corrected chi connectivity index (χ4v) is 3.50. The van der Waals surface area contributed by atoms with Crippen LogP contribution in [0.5, 0.6) is 0 Å². The third kappa shape index (κ3) is 5.79. The van der Waals surface area contributed by atoms with E-state index in [1.807, 2.05) is 6.55 Å². The van der Waals surface area contributed by atoms with Crippen LogP contribution in [0, 0.1) is 0 Å². The average molecular weight is 264 g/mol. The van der Waals surface area contributed by atoms with Crippen LogP contribution < -0.4 is 0 Å². The summed E-state index contributed by atoms with van der Waals surface area (Å²) < 4.78 is 10.6. The van der Waals surface area contributed by atoms with Crippen LogP contribution in [0.3, 0.4) is 0 Å². The molecule has 6 heteroatoms. The smallest absolute Gasteiger partial charge is 0.334 e. The maximum absolute atomic E-state index is 11.2. The molecule has 0 amide bonds. The maximum atomic E-state index is 11.2. The minimum absolute atomic E-state index is 0.286. The minimum Gasteiger partial charge on any atom is -0.398 e. The molecule has 0 aromatic heterocycles. The van der Waals surface area contributed by atoms with Crippen molar-refractivity contribution in [3.63, 3.8) is 0 Å². The molecule has 0 aliphatic heterocycles. The van der Waals surface area contributed by atoms with Crippen molar-refractivity contribution in [2.24, 2.45) is 0 Å². The average Bonchev–Trinajstić information content (AvgIpc) is 2.32. The summed E-state index contributed by atoms with van der Waals surface area (Å²) in [6.45, 7) is 3.68. The molecule has 94 valence electrons. The quantitative estimate of drug-likeness (QED) is 0.381. The molecule has 0 aromatic rings. The predicted molar refractivity (Wildman–Crippen MR) is 67.8 cm³/mol. The molecule has 0 aliphatic carbocycles. The number of hydrogen-bond acceptors (Lipinski definition) is 5. The van der Waals surface area contributed by atoms with Crippen LogP contribution in [-0.4, -0.2) is 39.4 Å². The summed E-state index contributed by atoms with van der Waals surface area (Å²) in [6.07, 6.45) is 1.12. The Labute approximate surface area is 102 Å². The Morgan fingerprint density at radius 3 is 2.25 bits per heavy atom. The van der Waals surface area contributed by atoms with Crippen molar-refractivity contribution < 1.29 is 18.4 Å². The van der Waals surface area contributed by atoms with Crippen molar-refractivity contribution >= 4 is 31.2 Å². The van der Waals surface area contributed by atoms with Crippen LogP contribution in [0.1, 0.15) is 19.8 Å². The zero-order valence-electron chi connectivity index (χ0n) is 10.4. The van der Waals surface area contributed by atoms with Gasteiger partial charge in [0.25, 0.3) is 5.12 Å². The van der Waals surface area contributed by atoms with Crippen LogP contribution in [0.25, 0.3) is 0 Å². The molecule has 0 atom stereocenters. The van der Waals surface area contributed by atoms with Gasteiger partial charge in [-0.25, -0.2) is 0 Å². The molecule has 0 spiro atoms. The molecule has 0 saturated carbocycles. The topological polar surface area (TPSA) is 52.6 Å². The first kappa shape index (κ1) is 15.8. The molecule has 0 N–H and O–H groups in total. The lowest BCUT2D eigenvalue weighted by Gasteiger charge is -2.22. The molecule has 0 heterocycles. The summed E-state index contributed by atoms with van der Waals surface area (Å²) in [7, 11) is 1.28. The normalized spacial score (nSPS) is 11.5. The van der Waals surface area contributed by atoms with Gasteiger partial charge in [0.05, 0.1) is 0 Å². The summed E-state index contributed by atoms with van der Waals surface area (Å²) >= 11 is 1.09. The van der Waals surface area contributed by atoms with Gasteiger partial charge in [0, 0.05) is 26.4 Å². The van der Waals surface area contributed by atoms with Crippen molar-refractivity contribution in [1.29, 1.82) is 0 Å². The van der Waals surface area contributed by atoms with E-state index in [0.29, 0.717) is 5.75 Å². The van der Waals surface area contributed by atoms with Gasteiger partial charge in [-0.05, 0) is 19.0 Å². The van der Waals surface area contributed by atoms with Crippen molar-refractivity contribution in [2.45, 2.75) is 32.4 Å². The molecule has 0 bridgehead atoms. The van der Waals surface area contributed by atoms with E-state index in [4.69, 9.17) is 8.85 Å². The van der Waals surface area contributed by atoms with E-state index >= 15 is 0 Å². The highest BCUT2D eigenvalue weighted by molar-refractivity contribution is 8.15. The highest BCUT2D eigenvalue weighted by Gasteiger charge is 2.27. The summed E-state index contributed by atoms with van der Waals surface area (Å²) in [5, 5.41) is -0.333. The Morgan fingerprint density at radius 1 is 1.25 bits per heavy atom. The molecule has 0 aliphatic rings. The van der Waals surface area contributed by atoms with Crippen molar-refractivity contribution in [2.75, 3.05) is 20.0 Å². The minimum atomic E-state index is -2.01. The number of hydrogen-bond donors (Lipinski definition) is 0. The highest BCUT2D eigenvalue weighted by Crippen LogP contribution is 2.16. The van der Waals surface area contributed by atoms with Gasteiger partial charge in [-0.15, -0.1) is 0 Å². The van der Waals surface area contributed by atoms with Gasteiger partial charge in [-0.1, -0.05) is 18.7 Å². The van der Waals surface area contributed by atoms with Crippen LogP contribution in [-0.2, 0) is 18.4 Å². The summed E-state index contributed by atoms with van der Waals surface area (Å²) in [6, 6.07) is 0.834. The summed E-state index contributed by atoms with van der Waals surface area (Å²) in [4.78, 5) is 22.2. The van der Waals surface area contributed by atoms with E-state index in [-0.39, 0.29) is 17.3 Å². The van der Waals surface area contributed by atoms with E-state index in [9.17, 15) is 9.59 Å². The largest absolute Gasteiger partial charge is 0.398 e. The molecule has 0 saturated heterocycles. The fraction of sp³-hybridized carbons (Fsp3) is 0.800. The fourth-order valence-electron chi connectivity index (χ4n) is 1.07. The highest BCUT2D eigenvalue weighted by atomic mass is 32.2. The van der Waals surface area contributed by atoms with E-state index in [1.165, 1.54) is 0 Å². The Hall–Kier alpha value is -0.173. The lowest BCUT2D eigenvalue weighted by Crippen LogP contribution is -2.35. The number of Topliss-reactive ketones (excluding diaryl/α,β-unsaturated/α-hetero) is 1. The predicted octanol–water partition coefficient (Wildman–Crippen LogP) is 1.98. The van der Waals surface area contributed by atoms with Gasteiger partial charge in [0.1, 0.15) is 0 Å². The maximum Gasteiger partial charge on any atom is 0.334 e. The van der Waals surface area contributed by atoms with Gasteiger partial charge >= 0.3 is 8.56 Å². The van der Waals surface area contributed by atoms with Gasteiger partial charge in [-0.3, -0.25) is 9.59 Å². The molecule has 0 rings (SSSR count). The van der Waals surface area contributed by atoms with Crippen molar-refractivity contribution in [3.05, 3.63) is 0 Å². The Kier molecular flexibility index (Phi) is 7.91. The molecule has 0 radical (unpaired) electrons. The second-order valence-electron chi connectivity index (χ2n) is 3.56. The van der Waals surface area contributed by atoms with Crippen LogP contribution >= 0.6 is 11.8 Å². The zero-order chi connectivity index (χ0) is 12.6. The molecular weight excluding hydrogens is 244 g/mol. The summed E-state index contributed by atoms with van der Waals surface area (Å²) in [5.74, 6) is 0.350. The monoisotopic (exact) mass is 264 g/mol. The first-order valence-corrected chi connectivity index (χ1v) is 8.80. The molecular formula is C10H20O4SSi. The first-order valence-electron chi connectivity index (χ1n) is 5.29. The van der Waals surface area contributed by atoms with Gasteiger partial charge in [0.2, 0.25) is 5.78 Å². The van der Waals surface area contributed by atoms with Crippen molar-refractivity contribution in [3.8, 4) is 0 Å². The van der Waals surface area contributed by atoms with Gasteiger partial charge < -0.3 is 8.85 Å². The van der Waals surface area contributed by atoms with Crippen LogP contribution in [0.2, 0.25) is 12.6 Å². The molecule has 0 unspecified atom stereocenters. The van der Waals surface area contributed by atoms with E-state index in [2.05, 4.69) is 0 Å². The second kappa shape index (κ2) is 8.00. The molecule has 16 heavy (non-hydrogen) atoms. The van der Waals surface area contributed by atoms with Crippen molar-refractivity contribution in [1.82, 2.24) is 0 Å². The van der Waals surface area contributed by atoms with Gasteiger partial charge in [0.15, 0.2) is 0 Å². The number of carbonyl (C=O) groups is 2. The molecule has 0 fully saturated rings. The summed E-state index contributed by atoms with van der Waals surface area (Å²) in [5.41, 5.74) is 0. The lowest BCUT2D eigenvalue weighted by molar-refractivity contribution is -0.131. The number of thioether (sulfide) groups is 1. The van der Waals surface area contributed by atoms with E-state index in [0.717, 1.165) is 24.2 Å². The van der Waals surface area contributed by atoms with E-state index < -0.39 is 8.56 Å². The standard InChI is InChI=1S/C10H20O4SSi/c1-5-9(11)10(12)15-7-6-8-16(4,13-2)14-3/h5-8H2,1-4H3. The first-order chi connectivity index (χ1) is 7.49. The molecule has 0 aromatic carbocycles. The van der Waals surface area contributed by atoms with Gasteiger partial charge in [-0.2, -0.15) is 0 Å². The number of ketones is 1.